The first-order valence-electron chi connectivity index (χ1n) is 8.06. The Hall–Kier alpha value is -1.65. The highest BCUT2D eigenvalue weighted by molar-refractivity contribution is 5.84. The first-order chi connectivity index (χ1) is 10.6. The number of pyridine rings is 1. The van der Waals surface area contributed by atoms with E-state index in [0.29, 0.717) is 6.54 Å². The van der Waals surface area contributed by atoms with Gasteiger partial charge in [-0.1, -0.05) is 13.0 Å². The van der Waals surface area contributed by atoms with Gasteiger partial charge < -0.3 is 15.1 Å². The third-order valence-corrected chi connectivity index (χ3v) is 4.75. The van der Waals surface area contributed by atoms with Crippen molar-refractivity contribution in [3.8, 4) is 0 Å². The predicted molar refractivity (Wildman–Crippen MR) is 89.3 cm³/mol. The highest BCUT2D eigenvalue weighted by atomic mass is 16.3. The van der Waals surface area contributed by atoms with Crippen molar-refractivity contribution in [3.63, 3.8) is 0 Å². The van der Waals surface area contributed by atoms with Gasteiger partial charge in [-0.3, -0.25) is 0 Å². The Morgan fingerprint density at radius 1 is 1.32 bits per heavy atom. The molecule has 2 heterocycles. The minimum absolute atomic E-state index is 0.00934. The first kappa shape index (κ1) is 15.3. The van der Waals surface area contributed by atoms with Crippen LogP contribution >= 0.6 is 0 Å². The number of hydrogen-bond acceptors (Lipinski definition) is 4. The van der Waals surface area contributed by atoms with Crippen LogP contribution in [0.25, 0.3) is 10.9 Å². The fourth-order valence-corrected chi connectivity index (χ4v) is 3.21. The van der Waals surface area contributed by atoms with E-state index in [0.717, 1.165) is 30.7 Å². The van der Waals surface area contributed by atoms with E-state index in [1.807, 2.05) is 0 Å². The van der Waals surface area contributed by atoms with Crippen LogP contribution in [-0.2, 0) is 6.42 Å². The van der Waals surface area contributed by atoms with E-state index < -0.39 is 6.10 Å². The summed E-state index contributed by atoms with van der Waals surface area (Å²) >= 11 is 0. The van der Waals surface area contributed by atoms with Gasteiger partial charge in [0, 0.05) is 31.0 Å². The van der Waals surface area contributed by atoms with E-state index in [4.69, 9.17) is 4.98 Å². The molecule has 4 nitrogen and oxygen atoms in total. The van der Waals surface area contributed by atoms with Gasteiger partial charge in [-0.15, -0.1) is 0 Å². The van der Waals surface area contributed by atoms with Gasteiger partial charge in [0.2, 0.25) is 0 Å². The predicted octanol–water partition coefficient (Wildman–Crippen LogP) is 2.29. The number of hydrogen-bond donors (Lipinski definition) is 2. The lowest BCUT2D eigenvalue weighted by Crippen LogP contribution is -2.45. The second-order valence-electron chi connectivity index (χ2n) is 6.25. The summed E-state index contributed by atoms with van der Waals surface area (Å²) in [5.74, 6) is 0.912. The number of benzene rings is 1. The summed E-state index contributed by atoms with van der Waals surface area (Å²) in [5, 5.41) is 20.6. The molecule has 2 atom stereocenters. The second-order valence-corrected chi connectivity index (χ2v) is 6.25. The van der Waals surface area contributed by atoms with Crippen molar-refractivity contribution < 1.29 is 10.2 Å². The van der Waals surface area contributed by atoms with Crippen LogP contribution in [0, 0.1) is 12.8 Å². The monoisotopic (exact) mass is 300 g/mol. The zero-order valence-corrected chi connectivity index (χ0v) is 13.3. The number of β-amino-alcohol motifs (C(OH)–C–C–N with tert-alkyl or cyclic N) is 1. The molecule has 0 radical (unpaired) electrons. The lowest BCUT2D eigenvalue weighted by molar-refractivity contribution is 0.0546. The van der Waals surface area contributed by atoms with Gasteiger partial charge in [0.15, 0.2) is 0 Å². The number of fused-ring (bicyclic) bond motifs is 1. The van der Waals surface area contributed by atoms with Crippen LogP contribution in [0.1, 0.15) is 24.5 Å². The molecule has 1 fully saturated rings. The number of aliphatic hydroxyl groups excluding tert-OH is 2. The van der Waals surface area contributed by atoms with Crippen LogP contribution in [0.4, 0.5) is 5.82 Å². The molecular weight excluding hydrogens is 276 g/mol. The van der Waals surface area contributed by atoms with Crippen molar-refractivity contribution in [1.82, 2.24) is 4.98 Å². The van der Waals surface area contributed by atoms with Crippen molar-refractivity contribution in [2.24, 2.45) is 5.92 Å². The van der Waals surface area contributed by atoms with Gasteiger partial charge in [-0.25, -0.2) is 4.98 Å². The molecule has 1 aromatic carbocycles. The van der Waals surface area contributed by atoms with E-state index in [2.05, 4.69) is 43.0 Å². The van der Waals surface area contributed by atoms with Crippen LogP contribution < -0.4 is 4.90 Å². The quantitative estimate of drug-likeness (QED) is 0.913. The molecule has 0 bridgehead atoms. The van der Waals surface area contributed by atoms with Gasteiger partial charge in [-0.05, 0) is 49.1 Å². The lowest BCUT2D eigenvalue weighted by Gasteiger charge is -2.36. The van der Waals surface area contributed by atoms with Crippen LogP contribution in [0.3, 0.4) is 0 Å². The largest absolute Gasteiger partial charge is 0.396 e. The van der Waals surface area contributed by atoms with Crippen LogP contribution in [0.5, 0.6) is 0 Å². The molecule has 0 aliphatic carbocycles. The molecule has 1 aliphatic rings. The van der Waals surface area contributed by atoms with Crippen molar-refractivity contribution in [3.05, 3.63) is 35.4 Å². The number of piperidine rings is 1. The van der Waals surface area contributed by atoms with Gasteiger partial charge >= 0.3 is 0 Å². The molecule has 4 heteroatoms. The number of aliphatic hydroxyl groups is 2. The lowest BCUT2D eigenvalue weighted by atomic mass is 9.94. The Labute approximate surface area is 131 Å². The highest BCUT2D eigenvalue weighted by Crippen LogP contribution is 2.27. The fraction of sp³-hybridized carbons (Fsp3) is 0.500. The Kier molecular flexibility index (Phi) is 4.32. The number of rotatable bonds is 3. The van der Waals surface area contributed by atoms with Gasteiger partial charge in [0.1, 0.15) is 5.82 Å². The van der Waals surface area contributed by atoms with Crippen LogP contribution in [-0.4, -0.2) is 41.0 Å². The summed E-state index contributed by atoms with van der Waals surface area (Å²) in [6.45, 7) is 5.69. The Morgan fingerprint density at radius 3 is 2.82 bits per heavy atom. The third kappa shape index (κ3) is 2.81. The molecular formula is C18H24N2O2. The van der Waals surface area contributed by atoms with Crippen LogP contribution in [0.2, 0.25) is 0 Å². The second kappa shape index (κ2) is 6.23. The Balaban J connectivity index is 1.92. The molecule has 22 heavy (non-hydrogen) atoms. The molecule has 1 aromatic heterocycles. The van der Waals surface area contributed by atoms with E-state index in [9.17, 15) is 10.2 Å². The fourth-order valence-electron chi connectivity index (χ4n) is 3.21. The number of anilines is 1. The molecule has 118 valence electrons. The number of nitrogens with zero attached hydrogens (tertiary/aromatic N) is 2. The topological polar surface area (TPSA) is 56.6 Å². The van der Waals surface area contributed by atoms with Gasteiger partial charge in [-0.2, -0.15) is 0 Å². The maximum Gasteiger partial charge on any atom is 0.129 e. The molecule has 2 N–H and O–H groups in total. The first-order valence-corrected chi connectivity index (χ1v) is 8.06. The van der Waals surface area contributed by atoms with Gasteiger partial charge in [0.25, 0.3) is 0 Å². The summed E-state index contributed by atoms with van der Waals surface area (Å²) in [5.41, 5.74) is 3.55. The zero-order chi connectivity index (χ0) is 15.7. The summed E-state index contributed by atoms with van der Waals surface area (Å²) in [4.78, 5) is 6.89. The van der Waals surface area contributed by atoms with E-state index in [-0.39, 0.29) is 12.5 Å². The minimum Gasteiger partial charge on any atom is -0.396 e. The molecule has 2 aromatic rings. The molecule has 0 amide bonds. The third-order valence-electron chi connectivity index (χ3n) is 4.75. The number of aryl methyl sites for hydroxylation is 2. The van der Waals surface area contributed by atoms with E-state index in [1.165, 1.54) is 16.5 Å². The van der Waals surface area contributed by atoms with Crippen molar-refractivity contribution in [2.75, 3.05) is 24.6 Å². The Bertz CT molecular complexity index is 671. The Morgan fingerprint density at radius 2 is 2.14 bits per heavy atom. The smallest absolute Gasteiger partial charge is 0.129 e. The zero-order valence-electron chi connectivity index (χ0n) is 13.3. The molecule has 1 aliphatic heterocycles. The maximum atomic E-state index is 10.1. The standard InChI is InChI=1S/C18H24N2O2/c1-3-13-4-5-16-15(9-13)12(2)8-18(19-16)20-7-6-14(11-21)17(22)10-20/h4-5,8-9,14,17,21-22H,3,6-7,10-11H2,1-2H3/t14-,17+/m1/s1. The summed E-state index contributed by atoms with van der Waals surface area (Å²) in [6, 6.07) is 8.54. The van der Waals surface area contributed by atoms with Crippen molar-refractivity contribution in [1.29, 1.82) is 0 Å². The van der Waals surface area contributed by atoms with E-state index >= 15 is 0 Å². The summed E-state index contributed by atoms with van der Waals surface area (Å²) < 4.78 is 0. The number of aromatic nitrogens is 1. The molecule has 3 rings (SSSR count). The van der Waals surface area contributed by atoms with E-state index in [1.54, 1.807) is 0 Å². The van der Waals surface area contributed by atoms with Crippen LogP contribution in [0.15, 0.2) is 24.3 Å². The molecule has 1 saturated heterocycles. The SMILES string of the molecule is CCc1ccc2nc(N3CC[C@H](CO)[C@@H](O)C3)cc(C)c2c1. The average Bonchev–Trinajstić information content (AvgIpc) is 2.54. The minimum atomic E-state index is -0.487. The molecule has 0 spiro atoms. The average molecular weight is 300 g/mol. The van der Waals surface area contributed by atoms with Gasteiger partial charge in [0.05, 0.1) is 11.6 Å². The highest BCUT2D eigenvalue weighted by Gasteiger charge is 2.27. The molecule has 0 unspecified atom stereocenters. The van der Waals surface area contributed by atoms with Crippen molar-refractivity contribution in [2.45, 2.75) is 32.8 Å². The summed E-state index contributed by atoms with van der Waals surface area (Å²) in [6.07, 6.45) is 1.34. The normalized spacial score (nSPS) is 22.3. The maximum absolute atomic E-state index is 10.1. The van der Waals surface area contributed by atoms with Crippen molar-refractivity contribution >= 4 is 16.7 Å². The molecule has 0 saturated carbocycles. The summed E-state index contributed by atoms with van der Waals surface area (Å²) in [7, 11) is 0.